The number of benzene rings is 1. The molecule has 1 aromatic rings. The molecule has 114 valence electrons. The van der Waals surface area contributed by atoms with Crippen LogP contribution in [0, 0.1) is 0 Å². The zero-order valence-corrected chi connectivity index (χ0v) is 12.3. The second-order valence-corrected chi connectivity index (χ2v) is 5.25. The van der Waals surface area contributed by atoms with Crippen molar-refractivity contribution in [3.05, 3.63) is 35.9 Å². The first kappa shape index (κ1) is 15.4. The van der Waals surface area contributed by atoms with E-state index in [2.05, 4.69) is 10.6 Å². The van der Waals surface area contributed by atoms with Crippen LogP contribution in [0.15, 0.2) is 30.3 Å². The van der Waals surface area contributed by atoms with E-state index < -0.39 is 0 Å². The number of esters is 1. The smallest absolute Gasteiger partial charge is 0.338 e. The molecule has 0 aromatic heterocycles. The van der Waals surface area contributed by atoms with E-state index in [1.165, 1.54) is 0 Å². The van der Waals surface area contributed by atoms with Crippen LogP contribution < -0.4 is 10.6 Å². The van der Waals surface area contributed by atoms with Gasteiger partial charge in [0.15, 0.2) is 0 Å². The largest absolute Gasteiger partial charge is 0.459 e. The predicted octanol–water partition coefficient (Wildman–Crippen LogP) is 2.47. The number of rotatable bonds is 4. The molecule has 5 heteroatoms. The molecule has 2 N–H and O–H groups in total. The second kappa shape index (κ2) is 7.67. The average molecular weight is 290 g/mol. The van der Waals surface area contributed by atoms with E-state index in [4.69, 9.17) is 4.74 Å². The number of carbonyl (C=O) groups excluding carboxylic acids is 2. The number of nitrogens with one attached hydrogen (secondary N) is 2. The van der Waals surface area contributed by atoms with Crippen molar-refractivity contribution in [2.24, 2.45) is 0 Å². The van der Waals surface area contributed by atoms with Gasteiger partial charge in [-0.05, 0) is 44.7 Å². The standard InChI is InChI=1S/C16H22N2O3/c1-2-17-16(20)18-13-8-10-14(11-9-13)21-15(19)12-6-4-3-5-7-12/h3-7,13-14H,2,8-11H2,1H3,(H2,17,18,20). The third kappa shape index (κ3) is 4.77. The maximum absolute atomic E-state index is 12.0. The summed E-state index contributed by atoms with van der Waals surface area (Å²) in [6, 6.07) is 9.07. The Hall–Kier alpha value is -2.04. The van der Waals surface area contributed by atoms with Crippen molar-refractivity contribution in [3.8, 4) is 0 Å². The maximum atomic E-state index is 12.0. The zero-order chi connectivity index (χ0) is 15.1. The molecule has 0 atom stereocenters. The Morgan fingerprint density at radius 1 is 1.14 bits per heavy atom. The second-order valence-electron chi connectivity index (χ2n) is 5.25. The van der Waals surface area contributed by atoms with E-state index in [1.807, 2.05) is 25.1 Å². The molecule has 1 aliphatic carbocycles. The van der Waals surface area contributed by atoms with Crippen LogP contribution in [0.3, 0.4) is 0 Å². The fourth-order valence-electron chi connectivity index (χ4n) is 2.52. The summed E-state index contributed by atoms with van der Waals surface area (Å²) in [5.74, 6) is -0.268. The Bertz CT molecular complexity index is 468. The number of ether oxygens (including phenoxy) is 1. The van der Waals surface area contributed by atoms with Crippen molar-refractivity contribution in [3.63, 3.8) is 0 Å². The van der Waals surface area contributed by atoms with Gasteiger partial charge in [-0.3, -0.25) is 0 Å². The summed E-state index contributed by atoms with van der Waals surface area (Å²) in [7, 11) is 0. The third-order valence-corrected chi connectivity index (χ3v) is 3.63. The minimum Gasteiger partial charge on any atom is -0.459 e. The molecule has 1 saturated carbocycles. The van der Waals surface area contributed by atoms with E-state index in [-0.39, 0.29) is 24.1 Å². The fourth-order valence-corrected chi connectivity index (χ4v) is 2.52. The van der Waals surface area contributed by atoms with Crippen LogP contribution in [-0.4, -0.2) is 30.7 Å². The van der Waals surface area contributed by atoms with E-state index in [0.29, 0.717) is 12.1 Å². The van der Waals surface area contributed by atoms with Crippen molar-refractivity contribution >= 4 is 12.0 Å². The number of hydrogen-bond donors (Lipinski definition) is 2. The Labute approximate surface area is 125 Å². The molecule has 1 aromatic carbocycles. The van der Waals surface area contributed by atoms with E-state index >= 15 is 0 Å². The minimum absolute atomic E-state index is 0.0509. The van der Waals surface area contributed by atoms with Gasteiger partial charge in [-0.25, -0.2) is 9.59 Å². The van der Waals surface area contributed by atoms with E-state index in [0.717, 1.165) is 25.7 Å². The summed E-state index contributed by atoms with van der Waals surface area (Å²) in [5.41, 5.74) is 0.583. The van der Waals surface area contributed by atoms with Gasteiger partial charge in [-0.15, -0.1) is 0 Å². The molecule has 0 aliphatic heterocycles. The molecule has 2 amide bonds. The van der Waals surface area contributed by atoms with E-state index in [9.17, 15) is 9.59 Å². The lowest BCUT2D eigenvalue weighted by Crippen LogP contribution is -2.44. The van der Waals surface area contributed by atoms with Crippen molar-refractivity contribution < 1.29 is 14.3 Å². The molecule has 0 unspecified atom stereocenters. The number of carbonyl (C=O) groups is 2. The topological polar surface area (TPSA) is 67.4 Å². The first-order chi connectivity index (χ1) is 10.2. The molecule has 1 fully saturated rings. The lowest BCUT2D eigenvalue weighted by molar-refractivity contribution is 0.0188. The highest BCUT2D eigenvalue weighted by molar-refractivity contribution is 5.89. The predicted molar refractivity (Wildman–Crippen MR) is 80.1 cm³/mol. The summed E-state index contributed by atoms with van der Waals surface area (Å²) in [6.45, 7) is 2.51. The van der Waals surface area contributed by atoms with Crippen LogP contribution >= 0.6 is 0 Å². The molecular formula is C16H22N2O3. The SMILES string of the molecule is CCNC(=O)NC1CCC(OC(=O)c2ccccc2)CC1. The normalized spacial score (nSPS) is 21.4. The quantitative estimate of drug-likeness (QED) is 0.837. The van der Waals surface area contributed by atoms with E-state index in [1.54, 1.807) is 12.1 Å². The van der Waals surface area contributed by atoms with Crippen molar-refractivity contribution in [1.29, 1.82) is 0 Å². The summed E-state index contributed by atoms with van der Waals surface area (Å²) in [6.07, 6.45) is 3.20. The van der Waals surface area contributed by atoms with Gasteiger partial charge in [-0.1, -0.05) is 18.2 Å². The van der Waals surface area contributed by atoms with Gasteiger partial charge in [0.1, 0.15) is 6.10 Å². The summed E-state index contributed by atoms with van der Waals surface area (Å²) < 4.78 is 5.51. The van der Waals surface area contributed by atoms with Crippen LogP contribution in [0.4, 0.5) is 4.79 Å². The summed E-state index contributed by atoms with van der Waals surface area (Å²) in [5, 5.41) is 5.66. The minimum atomic E-state index is -0.268. The highest BCUT2D eigenvalue weighted by atomic mass is 16.5. The lowest BCUT2D eigenvalue weighted by atomic mass is 9.93. The van der Waals surface area contributed by atoms with Gasteiger partial charge in [0.25, 0.3) is 0 Å². The molecule has 21 heavy (non-hydrogen) atoms. The molecular weight excluding hydrogens is 268 g/mol. The van der Waals surface area contributed by atoms with Crippen molar-refractivity contribution in [1.82, 2.24) is 10.6 Å². The number of urea groups is 1. The summed E-state index contributed by atoms with van der Waals surface area (Å²) in [4.78, 5) is 23.4. The summed E-state index contributed by atoms with van der Waals surface area (Å²) >= 11 is 0. The van der Waals surface area contributed by atoms with Gasteiger partial charge in [-0.2, -0.15) is 0 Å². The van der Waals surface area contributed by atoms with Gasteiger partial charge >= 0.3 is 12.0 Å². The monoisotopic (exact) mass is 290 g/mol. The third-order valence-electron chi connectivity index (χ3n) is 3.63. The first-order valence-corrected chi connectivity index (χ1v) is 7.49. The molecule has 0 heterocycles. The van der Waals surface area contributed by atoms with Crippen molar-refractivity contribution in [2.45, 2.75) is 44.8 Å². The molecule has 1 aliphatic rings. The Kier molecular flexibility index (Phi) is 5.60. The lowest BCUT2D eigenvalue weighted by Gasteiger charge is -2.28. The van der Waals surface area contributed by atoms with Crippen LogP contribution in [0.1, 0.15) is 43.0 Å². The molecule has 5 nitrogen and oxygen atoms in total. The van der Waals surface area contributed by atoms with Gasteiger partial charge in [0, 0.05) is 12.6 Å². The fraction of sp³-hybridized carbons (Fsp3) is 0.500. The Morgan fingerprint density at radius 3 is 2.43 bits per heavy atom. The van der Waals surface area contributed by atoms with Crippen molar-refractivity contribution in [2.75, 3.05) is 6.54 Å². The van der Waals surface area contributed by atoms with Crippen LogP contribution in [-0.2, 0) is 4.74 Å². The zero-order valence-electron chi connectivity index (χ0n) is 12.3. The first-order valence-electron chi connectivity index (χ1n) is 7.49. The van der Waals surface area contributed by atoms with Crippen LogP contribution in [0.25, 0.3) is 0 Å². The average Bonchev–Trinajstić information content (AvgIpc) is 2.50. The number of hydrogen-bond acceptors (Lipinski definition) is 3. The van der Waals surface area contributed by atoms with Crippen LogP contribution in [0.2, 0.25) is 0 Å². The molecule has 0 spiro atoms. The van der Waals surface area contributed by atoms with Gasteiger partial charge in [0.05, 0.1) is 5.56 Å². The molecule has 0 radical (unpaired) electrons. The maximum Gasteiger partial charge on any atom is 0.338 e. The Balaban J connectivity index is 1.74. The highest BCUT2D eigenvalue weighted by Crippen LogP contribution is 2.22. The molecule has 2 rings (SSSR count). The van der Waals surface area contributed by atoms with Crippen LogP contribution in [0.5, 0.6) is 0 Å². The van der Waals surface area contributed by atoms with Gasteiger partial charge in [0.2, 0.25) is 0 Å². The molecule has 0 bridgehead atoms. The highest BCUT2D eigenvalue weighted by Gasteiger charge is 2.25. The van der Waals surface area contributed by atoms with Gasteiger partial charge < -0.3 is 15.4 Å². The molecule has 0 saturated heterocycles. The Morgan fingerprint density at radius 2 is 1.81 bits per heavy atom. The number of amides is 2.